The molecule has 1 fully saturated rings. The Bertz CT molecular complexity index is 1530. The summed E-state index contributed by atoms with van der Waals surface area (Å²) in [6, 6.07) is 15.2. The van der Waals surface area contributed by atoms with Crippen molar-refractivity contribution in [3.05, 3.63) is 92.7 Å². The van der Waals surface area contributed by atoms with Gasteiger partial charge >= 0.3 is 5.97 Å². The summed E-state index contributed by atoms with van der Waals surface area (Å²) < 4.78 is 25.9. The number of piperidine rings is 1. The van der Waals surface area contributed by atoms with Crippen molar-refractivity contribution >= 4 is 58.3 Å². The number of carbonyl (C=O) groups is 1. The number of thiocarbonyl (C=S) groups is 1. The van der Waals surface area contributed by atoms with Crippen molar-refractivity contribution in [2.45, 2.75) is 50.2 Å². The molecule has 1 saturated heterocycles. The highest BCUT2D eigenvalue weighted by Crippen LogP contribution is 2.58. The number of fused-ring (bicyclic) bond motifs is 2. The van der Waals surface area contributed by atoms with E-state index >= 15 is 0 Å². The average Bonchev–Trinajstić information content (AvgIpc) is 3.25. The van der Waals surface area contributed by atoms with Crippen molar-refractivity contribution < 1.29 is 18.7 Å². The number of hydrogen-bond donors (Lipinski definition) is 1. The monoisotopic (exact) mass is 584 g/mol. The lowest BCUT2D eigenvalue weighted by atomic mass is 9.59. The topological polar surface area (TPSA) is 59.9 Å². The highest BCUT2D eigenvalue weighted by molar-refractivity contribution is 7.80. The predicted molar refractivity (Wildman–Crippen MR) is 156 cm³/mol. The third kappa shape index (κ3) is 4.81. The molecule has 2 aliphatic heterocycles. The SMILES string of the molecule is COC(=O)C(C)(C)Oc1ccc(Cl)cc1[C@@H]1CC(=S)N[C@@H](c2cc(F)ccc2C)[C@]12C=Nc1cc(Cl)ccc12. The molecule has 39 heavy (non-hydrogen) atoms. The zero-order valence-electron chi connectivity index (χ0n) is 21.8. The maximum atomic E-state index is 14.7. The Balaban J connectivity index is 1.77. The molecule has 2 aliphatic rings. The minimum atomic E-state index is -1.27. The van der Waals surface area contributed by atoms with Crippen molar-refractivity contribution in [3.8, 4) is 5.75 Å². The highest BCUT2D eigenvalue weighted by Gasteiger charge is 2.55. The fourth-order valence-electron chi connectivity index (χ4n) is 5.70. The van der Waals surface area contributed by atoms with Gasteiger partial charge in [-0.15, -0.1) is 0 Å². The molecule has 0 aliphatic carbocycles. The number of methoxy groups -OCH3 is 1. The van der Waals surface area contributed by atoms with E-state index in [0.717, 1.165) is 27.9 Å². The van der Waals surface area contributed by atoms with Gasteiger partial charge in [0, 0.05) is 34.2 Å². The minimum absolute atomic E-state index is 0.341. The fourth-order valence-corrected chi connectivity index (χ4v) is 6.33. The molecule has 1 N–H and O–H groups in total. The van der Waals surface area contributed by atoms with Gasteiger partial charge in [0.05, 0.1) is 29.2 Å². The number of benzene rings is 3. The molecule has 202 valence electrons. The van der Waals surface area contributed by atoms with Crippen LogP contribution >= 0.6 is 35.4 Å². The quantitative estimate of drug-likeness (QED) is 0.247. The van der Waals surface area contributed by atoms with Crippen LogP contribution in [0.4, 0.5) is 10.1 Å². The van der Waals surface area contributed by atoms with E-state index in [2.05, 4.69) is 5.32 Å². The first-order chi connectivity index (χ1) is 18.5. The summed E-state index contributed by atoms with van der Waals surface area (Å²) in [5.74, 6) is -0.741. The molecule has 0 aromatic heterocycles. The molecule has 3 aromatic rings. The van der Waals surface area contributed by atoms with E-state index in [1.807, 2.05) is 37.4 Å². The van der Waals surface area contributed by atoms with Gasteiger partial charge in [-0.1, -0.05) is 47.6 Å². The Morgan fingerprint density at radius 3 is 2.56 bits per heavy atom. The number of esters is 1. The largest absolute Gasteiger partial charge is 0.476 e. The third-order valence-electron chi connectivity index (χ3n) is 7.53. The number of nitrogens with zero attached hydrogens (tertiary/aromatic N) is 1. The molecule has 5 nitrogen and oxygen atoms in total. The van der Waals surface area contributed by atoms with Crippen molar-refractivity contribution in [2.24, 2.45) is 4.99 Å². The number of aliphatic imine (C=N–C) groups is 1. The van der Waals surface area contributed by atoms with Gasteiger partial charge in [-0.3, -0.25) is 4.99 Å². The van der Waals surface area contributed by atoms with Crippen molar-refractivity contribution in [3.63, 3.8) is 0 Å². The van der Waals surface area contributed by atoms with Crippen LogP contribution in [-0.4, -0.2) is 29.9 Å². The van der Waals surface area contributed by atoms with Crippen molar-refractivity contribution in [1.82, 2.24) is 5.32 Å². The molecule has 3 aromatic carbocycles. The van der Waals surface area contributed by atoms with E-state index in [1.165, 1.54) is 19.2 Å². The van der Waals surface area contributed by atoms with Gasteiger partial charge < -0.3 is 14.8 Å². The van der Waals surface area contributed by atoms with Gasteiger partial charge in [0.25, 0.3) is 0 Å². The maximum absolute atomic E-state index is 14.7. The van der Waals surface area contributed by atoms with Gasteiger partial charge in [-0.25, -0.2) is 9.18 Å². The van der Waals surface area contributed by atoms with Crippen molar-refractivity contribution in [1.29, 1.82) is 0 Å². The number of rotatable bonds is 5. The lowest BCUT2D eigenvalue weighted by Crippen LogP contribution is -2.53. The van der Waals surface area contributed by atoms with Gasteiger partial charge in [-0.05, 0) is 79.9 Å². The van der Waals surface area contributed by atoms with Crippen LogP contribution < -0.4 is 10.1 Å². The van der Waals surface area contributed by atoms with Crippen LogP contribution in [0, 0.1) is 12.7 Å². The Hall–Kier alpha value is -3.00. The number of carbonyl (C=O) groups excluding carboxylic acids is 1. The number of halogens is 3. The summed E-state index contributed by atoms with van der Waals surface area (Å²) in [6.45, 7) is 5.24. The summed E-state index contributed by atoms with van der Waals surface area (Å²) in [4.78, 5) is 17.9. The van der Waals surface area contributed by atoms with Crippen LogP contribution in [0.2, 0.25) is 10.0 Å². The van der Waals surface area contributed by atoms with E-state index < -0.39 is 23.0 Å². The summed E-state index contributed by atoms with van der Waals surface area (Å²) in [5, 5.41) is 4.55. The van der Waals surface area contributed by atoms with Crippen LogP contribution in [0.1, 0.15) is 54.5 Å². The molecule has 0 amide bonds. The Labute approximate surface area is 242 Å². The van der Waals surface area contributed by atoms with Crippen LogP contribution in [-0.2, 0) is 14.9 Å². The van der Waals surface area contributed by atoms with E-state index in [1.54, 1.807) is 32.0 Å². The first-order valence-electron chi connectivity index (χ1n) is 12.4. The zero-order valence-corrected chi connectivity index (χ0v) is 24.2. The summed E-state index contributed by atoms with van der Waals surface area (Å²) >= 11 is 18.7. The molecule has 0 saturated carbocycles. The van der Waals surface area contributed by atoms with Gasteiger partial charge in [-0.2, -0.15) is 0 Å². The summed E-state index contributed by atoms with van der Waals surface area (Å²) in [6.07, 6.45) is 2.34. The second-order valence-corrected chi connectivity index (χ2v) is 11.8. The highest BCUT2D eigenvalue weighted by atomic mass is 35.5. The zero-order chi connectivity index (χ0) is 28.1. The number of aryl methyl sites for hydroxylation is 1. The smallest absolute Gasteiger partial charge is 0.349 e. The third-order valence-corrected chi connectivity index (χ3v) is 8.29. The Morgan fingerprint density at radius 1 is 1.10 bits per heavy atom. The standard InChI is InChI=1S/C30H27Cl2FN2O3S/c1-16-5-8-19(33)13-20(16)27-30(15-34-24-12-18(32)6-9-22(24)30)23(14-26(39)35-27)21-11-17(31)7-10-25(21)38-29(2,3)28(36)37-4/h5-13,15,23,27H,14H2,1-4H3,(H,35,39)/t23-,27-,30-/m0/s1. The molecule has 0 radical (unpaired) electrons. The van der Waals surface area contributed by atoms with Crippen LogP contribution in [0.25, 0.3) is 0 Å². The van der Waals surface area contributed by atoms with Gasteiger partial charge in [0.2, 0.25) is 0 Å². The lowest BCUT2D eigenvalue weighted by Gasteiger charge is -2.48. The number of hydrogen-bond acceptors (Lipinski definition) is 5. The second kappa shape index (κ2) is 10.2. The molecule has 5 rings (SSSR count). The molecule has 2 heterocycles. The maximum Gasteiger partial charge on any atom is 0.349 e. The van der Waals surface area contributed by atoms with E-state index in [-0.39, 0.29) is 11.7 Å². The fraction of sp³-hybridized carbons (Fsp3) is 0.300. The average molecular weight is 586 g/mol. The van der Waals surface area contributed by atoms with Crippen molar-refractivity contribution in [2.75, 3.05) is 7.11 Å². The second-order valence-electron chi connectivity index (χ2n) is 10.4. The minimum Gasteiger partial charge on any atom is -0.476 e. The normalized spacial score (nSPS) is 22.0. The Morgan fingerprint density at radius 2 is 1.82 bits per heavy atom. The summed E-state index contributed by atoms with van der Waals surface area (Å²) in [5.41, 5.74) is 1.96. The molecule has 0 unspecified atom stereocenters. The van der Waals surface area contributed by atoms with Crippen LogP contribution in [0.15, 0.2) is 59.6 Å². The molecular weight excluding hydrogens is 558 g/mol. The van der Waals surface area contributed by atoms with E-state index in [9.17, 15) is 9.18 Å². The molecular formula is C30H27Cl2FN2O3S. The van der Waals surface area contributed by atoms with Crippen LogP contribution in [0.3, 0.4) is 0 Å². The summed E-state index contributed by atoms with van der Waals surface area (Å²) in [7, 11) is 1.32. The van der Waals surface area contributed by atoms with Gasteiger partial charge in [0.1, 0.15) is 11.6 Å². The van der Waals surface area contributed by atoms with Crippen LogP contribution in [0.5, 0.6) is 5.75 Å². The predicted octanol–water partition coefficient (Wildman–Crippen LogP) is 7.57. The first-order valence-corrected chi connectivity index (χ1v) is 13.6. The number of nitrogens with one attached hydrogen (secondary N) is 1. The van der Waals surface area contributed by atoms with E-state index in [0.29, 0.717) is 27.2 Å². The molecule has 0 bridgehead atoms. The first kappa shape index (κ1) is 27.6. The molecule has 1 spiro atoms. The number of ether oxygens (including phenoxy) is 2. The van der Waals surface area contributed by atoms with Gasteiger partial charge in [0.15, 0.2) is 5.60 Å². The Kier molecular flexibility index (Phi) is 7.20. The molecule has 3 atom stereocenters. The van der Waals surface area contributed by atoms with E-state index in [4.69, 9.17) is 49.9 Å². The molecule has 9 heteroatoms. The lowest BCUT2D eigenvalue weighted by molar-refractivity contribution is -0.156.